The minimum Gasteiger partial charge on any atom is -0.463 e. The van der Waals surface area contributed by atoms with Crippen LogP contribution in [0.2, 0.25) is 0 Å². The van der Waals surface area contributed by atoms with E-state index in [9.17, 15) is 4.79 Å². The predicted octanol–water partition coefficient (Wildman–Crippen LogP) is 1.38. The zero-order valence-electron chi connectivity index (χ0n) is 12.0. The van der Waals surface area contributed by atoms with Crippen molar-refractivity contribution in [2.24, 2.45) is 0 Å². The van der Waals surface area contributed by atoms with Crippen molar-refractivity contribution in [1.29, 1.82) is 0 Å². The maximum atomic E-state index is 11.4. The third-order valence-electron chi connectivity index (χ3n) is 3.69. The van der Waals surface area contributed by atoms with Crippen LogP contribution < -0.4 is 0 Å². The van der Waals surface area contributed by atoms with Crippen LogP contribution in [-0.4, -0.2) is 55.6 Å². The molecule has 0 amide bonds. The molecule has 1 saturated heterocycles. The van der Waals surface area contributed by atoms with Crippen molar-refractivity contribution < 1.29 is 13.9 Å². The van der Waals surface area contributed by atoms with E-state index in [1.165, 1.54) is 7.11 Å². The number of nitrogens with zero attached hydrogens (tertiary/aromatic N) is 2. The number of terminal acetylenes is 1. The molecule has 0 bridgehead atoms. The zero-order valence-corrected chi connectivity index (χ0v) is 12.0. The SMILES string of the molecule is C#CCN1CCN(C(C)c2ccc(C(=O)OC)o2)CC1. The van der Waals surface area contributed by atoms with E-state index in [-0.39, 0.29) is 11.8 Å². The Balaban J connectivity index is 1.95. The van der Waals surface area contributed by atoms with E-state index in [0.717, 1.165) is 31.9 Å². The van der Waals surface area contributed by atoms with Crippen LogP contribution in [0.15, 0.2) is 16.5 Å². The molecule has 1 atom stereocenters. The first-order valence-electron chi connectivity index (χ1n) is 6.73. The minimum absolute atomic E-state index is 0.140. The molecule has 5 nitrogen and oxygen atoms in total. The molecule has 1 aromatic rings. The van der Waals surface area contributed by atoms with Crippen LogP contribution in [0.4, 0.5) is 0 Å². The molecule has 2 rings (SSSR count). The van der Waals surface area contributed by atoms with E-state index >= 15 is 0 Å². The van der Waals surface area contributed by atoms with Crippen LogP contribution in [0.25, 0.3) is 0 Å². The van der Waals surface area contributed by atoms with Gasteiger partial charge >= 0.3 is 5.97 Å². The second-order valence-corrected chi connectivity index (χ2v) is 4.89. The number of carbonyl (C=O) groups is 1. The van der Waals surface area contributed by atoms with Gasteiger partial charge in [-0.15, -0.1) is 6.42 Å². The topological polar surface area (TPSA) is 45.9 Å². The molecule has 1 fully saturated rings. The summed E-state index contributed by atoms with van der Waals surface area (Å²) < 4.78 is 10.2. The Morgan fingerprint density at radius 3 is 2.75 bits per heavy atom. The summed E-state index contributed by atoms with van der Waals surface area (Å²) in [5, 5.41) is 0. The Labute approximate surface area is 119 Å². The van der Waals surface area contributed by atoms with Crippen molar-refractivity contribution in [3.63, 3.8) is 0 Å². The van der Waals surface area contributed by atoms with Crippen LogP contribution in [-0.2, 0) is 4.74 Å². The van der Waals surface area contributed by atoms with Gasteiger partial charge in [-0.2, -0.15) is 0 Å². The Hall–Kier alpha value is -1.77. The second kappa shape index (κ2) is 6.60. The van der Waals surface area contributed by atoms with Gasteiger partial charge < -0.3 is 9.15 Å². The third kappa shape index (κ3) is 3.21. The van der Waals surface area contributed by atoms with Crippen LogP contribution in [0, 0.1) is 12.3 Å². The van der Waals surface area contributed by atoms with Crippen LogP contribution in [0.1, 0.15) is 29.3 Å². The van der Waals surface area contributed by atoms with Gasteiger partial charge in [0.2, 0.25) is 5.76 Å². The maximum Gasteiger partial charge on any atom is 0.373 e. The Bertz CT molecular complexity index is 495. The lowest BCUT2D eigenvalue weighted by Crippen LogP contribution is -2.47. The monoisotopic (exact) mass is 276 g/mol. The van der Waals surface area contributed by atoms with Gasteiger partial charge in [-0.25, -0.2) is 4.79 Å². The Morgan fingerprint density at radius 1 is 1.45 bits per heavy atom. The van der Waals surface area contributed by atoms with E-state index in [1.807, 2.05) is 6.07 Å². The number of ether oxygens (including phenoxy) is 1. The van der Waals surface area contributed by atoms with Crippen LogP contribution in [0.5, 0.6) is 0 Å². The summed E-state index contributed by atoms with van der Waals surface area (Å²) in [7, 11) is 1.35. The Morgan fingerprint density at radius 2 is 2.15 bits per heavy atom. The van der Waals surface area contributed by atoms with E-state index in [1.54, 1.807) is 6.07 Å². The fraction of sp³-hybridized carbons (Fsp3) is 0.533. The van der Waals surface area contributed by atoms with E-state index < -0.39 is 5.97 Å². The van der Waals surface area contributed by atoms with Gasteiger partial charge in [-0.1, -0.05) is 5.92 Å². The molecule has 2 heterocycles. The molecule has 108 valence electrons. The Kier molecular flexibility index (Phi) is 4.83. The third-order valence-corrected chi connectivity index (χ3v) is 3.69. The molecule has 0 N–H and O–H groups in total. The highest BCUT2D eigenvalue weighted by Gasteiger charge is 2.24. The highest BCUT2D eigenvalue weighted by molar-refractivity contribution is 5.86. The van der Waals surface area contributed by atoms with Crippen molar-refractivity contribution in [3.8, 4) is 12.3 Å². The molecule has 0 aromatic carbocycles. The van der Waals surface area contributed by atoms with Crippen LogP contribution in [0.3, 0.4) is 0 Å². The predicted molar refractivity (Wildman–Crippen MR) is 75.3 cm³/mol. The maximum absolute atomic E-state index is 11.4. The molecule has 1 unspecified atom stereocenters. The fourth-order valence-electron chi connectivity index (χ4n) is 2.41. The number of methoxy groups -OCH3 is 1. The quantitative estimate of drug-likeness (QED) is 0.614. The average molecular weight is 276 g/mol. The minimum atomic E-state index is -0.442. The normalized spacial score (nSPS) is 18.4. The standard InChI is InChI=1S/C15H20N2O3/c1-4-7-16-8-10-17(11-9-16)12(2)13-5-6-14(20-13)15(18)19-3/h1,5-6,12H,7-11H2,2-3H3. The first kappa shape index (κ1) is 14.6. The number of furan rings is 1. The van der Waals surface area contributed by atoms with Crippen molar-refractivity contribution in [1.82, 2.24) is 9.80 Å². The van der Waals surface area contributed by atoms with Gasteiger partial charge in [0.05, 0.1) is 19.7 Å². The molecule has 1 aromatic heterocycles. The van der Waals surface area contributed by atoms with Crippen molar-refractivity contribution in [2.45, 2.75) is 13.0 Å². The van der Waals surface area contributed by atoms with Gasteiger partial charge in [0, 0.05) is 26.2 Å². The molecule has 1 aliphatic rings. The number of esters is 1. The molecule has 5 heteroatoms. The summed E-state index contributed by atoms with van der Waals surface area (Å²) in [6, 6.07) is 3.64. The molecule has 0 radical (unpaired) electrons. The smallest absolute Gasteiger partial charge is 0.373 e. The van der Waals surface area contributed by atoms with Gasteiger partial charge in [0.1, 0.15) is 5.76 Å². The van der Waals surface area contributed by atoms with Gasteiger partial charge in [0.25, 0.3) is 0 Å². The lowest BCUT2D eigenvalue weighted by molar-refractivity contribution is 0.0554. The number of piperazine rings is 1. The number of hydrogen-bond acceptors (Lipinski definition) is 5. The highest BCUT2D eigenvalue weighted by atomic mass is 16.5. The van der Waals surface area contributed by atoms with Crippen molar-refractivity contribution in [3.05, 3.63) is 23.7 Å². The van der Waals surface area contributed by atoms with E-state index in [4.69, 9.17) is 10.8 Å². The largest absolute Gasteiger partial charge is 0.463 e. The van der Waals surface area contributed by atoms with Gasteiger partial charge in [-0.05, 0) is 19.1 Å². The molecule has 0 saturated carbocycles. The molecule has 0 aliphatic carbocycles. The summed E-state index contributed by atoms with van der Waals surface area (Å²) in [5.74, 6) is 3.27. The van der Waals surface area contributed by atoms with Crippen LogP contribution >= 0.6 is 0 Å². The fourth-order valence-corrected chi connectivity index (χ4v) is 2.41. The van der Waals surface area contributed by atoms with Gasteiger partial charge in [-0.3, -0.25) is 9.80 Å². The number of hydrogen-bond donors (Lipinski definition) is 0. The molecule has 1 aliphatic heterocycles. The molecule has 0 spiro atoms. The van der Waals surface area contributed by atoms with E-state index in [2.05, 4.69) is 27.4 Å². The summed E-state index contributed by atoms with van der Waals surface area (Å²) in [6.45, 7) is 6.58. The number of rotatable bonds is 4. The van der Waals surface area contributed by atoms with Gasteiger partial charge in [0.15, 0.2) is 0 Å². The lowest BCUT2D eigenvalue weighted by atomic mass is 10.2. The van der Waals surface area contributed by atoms with E-state index in [0.29, 0.717) is 6.54 Å². The highest BCUT2D eigenvalue weighted by Crippen LogP contribution is 2.23. The first-order valence-corrected chi connectivity index (χ1v) is 6.73. The zero-order chi connectivity index (χ0) is 14.5. The first-order chi connectivity index (χ1) is 9.65. The average Bonchev–Trinajstić information content (AvgIpc) is 2.96. The molecule has 20 heavy (non-hydrogen) atoms. The summed E-state index contributed by atoms with van der Waals surface area (Å²) in [5.41, 5.74) is 0. The van der Waals surface area contributed by atoms with Crippen molar-refractivity contribution >= 4 is 5.97 Å². The summed E-state index contributed by atoms with van der Waals surface area (Å²) >= 11 is 0. The molecular formula is C15H20N2O3. The number of carbonyl (C=O) groups excluding carboxylic acids is 1. The lowest BCUT2D eigenvalue weighted by Gasteiger charge is -2.36. The summed E-state index contributed by atoms with van der Waals surface area (Å²) in [4.78, 5) is 16.0. The summed E-state index contributed by atoms with van der Waals surface area (Å²) in [6.07, 6.45) is 5.33. The van der Waals surface area contributed by atoms with Crippen molar-refractivity contribution in [2.75, 3.05) is 39.8 Å². The molecular weight excluding hydrogens is 256 g/mol. The second-order valence-electron chi connectivity index (χ2n) is 4.89.